The molecule has 0 radical (unpaired) electrons. The zero-order chi connectivity index (χ0) is 16.4. The molecule has 4 heterocycles. The Balaban J connectivity index is 1.27. The summed E-state index contributed by atoms with van der Waals surface area (Å²) in [6, 6.07) is 4.66. The molecule has 2 aliphatic heterocycles. The summed E-state index contributed by atoms with van der Waals surface area (Å²) >= 11 is 0. The van der Waals surface area contributed by atoms with Gasteiger partial charge in [-0.25, -0.2) is 0 Å². The Hall–Kier alpha value is -1.76. The predicted octanol–water partition coefficient (Wildman–Crippen LogP) is 1.29. The molecule has 4 rings (SSSR count). The van der Waals surface area contributed by atoms with Crippen LogP contribution in [0.5, 0.6) is 0 Å². The Bertz CT molecular complexity index is 658. The quantitative estimate of drug-likeness (QED) is 0.828. The highest BCUT2D eigenvalue weighted by atomic mass is 16.5. The number of hydrogen-bond acceptors (Lipinski definition) is 5. The Kier molecular flexibility index (Phi) is 4.60. The van der Waals surface area contributed by atoms with Crippen molar-refractivity contribution in [2.45, 2.75) is 31.7 Å². The van der Waals surface area contributed by atoms with Gasteiger partial charge in [-0.3, -0.25) is 19.5 Å². The summed E-state index contributed by atoms with van der Waals surface area (Å²) in [5.74, 6) is 0. The topological polar surface area (TPSA) is 46.4 Å². The first-order valence-electron chi connectivity index (χ1n) is 8.71. The van der Waals surface area contributed by atoms with Crippen LogP contribution in [0.2, 0.25) is 0 Å². The van der Waals surface area contributed by atoms with Crippen molar-refractivity contribution in [2.75, 3.05) is 26.2 Å². The summed E-state index contributed by atoms with van der Waals surface area (Å²) in [5.41, 5.74) is 2.45. The van der Waals surface area contributed by atoms with Crippen molar-refractivity contribution < 1.29 is 4.74 Å². The fraction of sp³-hybridized carbons (Fsp3) is 0.556. The second-order valence-electron chi connectivity index (χ2n) is 6.94. The van der Waals surface area contributed by atoms with Gasteiger partial charge in [0.05, 0.1) is 18.9 Å². The van der Waals surface area contributed by atoms with Crippen molar-refractivity contribution in [3.8, 4) is 0 Å². The van der Waals surface area contributed by atoms with Crippen LogP contribution >= 0.6 is 0 Å². The van der Waals surface area contributed by atoms with Gasteiger partial charge in [0.25, 0.3) is 0 Å². The van der Waals surface area contributed by atoms with Gasteiger partial charge in [-0.2, -0.15) is 5.10 Å². The summed E-state index contributed by atoms with van der Waals surface area (Å²) in [6.45, 7) is 6.11. The normalized spacial score (nSPS) is 25.0. The Morgan fingerprint density at radius 1 is 1.21 bits per heavy atom. The van der Waals surface area contributed by atoms with E-state index in [4.69, 9.17) is 4.74 Å². The molecule has 6 heteroatoms. The summed E-state index contributed by atoms with van der Waals surface area (Å²) < 4.78 is 8.00. The lowest BCUT2D eigenvalue weighted by molar-refractivity contribution is 0.0457. The van der Waals surface area contributed by atoms with Crippen LogP contribution < -0.4 is 0 Å². The van der Waals surface area contributed by atoms with Gasteiger partial charge in [0.15, 0.2) is 0 Å². The van der Waals surface area contributed by atoms with Gasteiger partial charge in [0.1, 0.15) is 0 Å². The van der Waals surface area contributed by atoms with Crippen LogP contribution in [-0.2, 0) is 24.9 Å². The van der Waals surface area contributed by atoms with Gasteiger partial charge in [-0.1, -0.05) is 6.07 Å². The predicted molar refractivity (Wildman–Crippen MR) is 91.3 cm³/mol. The minimum atomic E-state index is 0.341. The smallest absolute Gasteiger partial charge is 0.0736 e. The van der Waals surface area contributed by atoms with E-state index in [1.165, 1.54) is 5.56 Å². The first kappa shape index (κ1) is 15.7. The maximum Gasteiger partial charge on any atom is 0.0736 e. The van der Waals surface area contributed by atoms with Crippen molar-refractivity contribution in [3.05, 3.63) is 48.0 Å². The lowest BCUT2D eigenvalue weighted by Crippen LogP contribution is -2.49. The molecule has 0 saturated carbocycles. The molecule has 2 aliphatic rings. The van der Waals surface area contributed by atoms with E-state index in [0.717, 1.165) is 44.7 Å². The highest BCUT2D eigenvalue weighted by Gasteiger charge is 2.36. The highest BCUT2D eigenvalue weighted by Crippen LogP contribution is 2.25. The Morgan fingerprint density at radius 2 is 2.17 bits per heavy atom. The average Bonchev–Trinajstić information content (AvgIpc) is 3.19. The van der Waals surface area contributed by atoms with Crippen LogP contribution in [0.15, 0.2) is 36.9 Å². The van der Waals surface area contributed by atoms with E-state index >= 15 is 0 Å². The van der Waals surface area contributed by atoms with Gasteiger partial charge in [-0.15, -0.1) is 0 Å². The minimum absolute atomic E-state index is 0.341. The summed E-state index contributed by atoms with van der Waals surface area (Å²) in [6.07, 6.45) is 9.24. The number of aryl methyl sites for hydroxylation is 1. The minimum Gasteiger partial charge on any atom is -0.372 e. The third-order valence-electron chi connectivity index (χ3n) is 5.03. The van der Waals surface area contributed by atoms with E-state index in [1.54, 1.807) is 6.20 Å². The van der Waals surface area contributed by atoms with Crippen LogP contribution in [0.4, 0.5) is 0 Å². The molecular formula is C18H25N5O. The van der Waals surface area contributed by atoms with Gasteiger partial charge in [-0.05, 0) is 18.1 Å². The van der Waals surface area contributed by atoms with Crippen molar-refractivity contribution >= 4 is 0 Å². The molecule has 2 unspecified atom stereocenters. The van der Waals surface area contributed by atoms with E-state index in [-0.39, 0.29) is 0 Å². The third kappa shape index (κ3) is 3.66. The molecule has 2 fully saturated rings. The standard InChI is InChI=1S/C18H25N5O/c1-21-10-16(9-20-21)11-22-5-6-23-13-18(7-17(23)12-22)24-14-15-3-2-4-19-8-15/h2-4,8-10,17-18H,5-7,11-14H2,1H3. The molecule has 6 nitrogen and oxygen atoms in total. The van der Waals surface area contributed by atoms with Gasteiger partial charge < -0.3 is 4.74 Å². The molecule has 2 atom stereocenters. The van der Waals surface area contributed by atoms with Gasteiger partial charge in [0, 0.05) is 70.0 Å². The van der Waals surface area contributed by atoms with Crippen LogP contribution in [0.1, 0.15) is 17.5 Å². The van der Waals surface area contributed by atoms with E-state index in [9.17, 15) is 0 Å². The molecule has 2 saturated heterocycles. The number of hydrogen-bond donors (Lipinski definition) is 0. The SMILES string of the molecule is Cn1cc(CN2CCN3CC(OCc4cccnc4)CC3C2)cn1. The molecule has 0 N–H and O–H groups in total. The molecule has 24 heavy (non-hydrogen) atoms. The summed E-state index contributed by atoms with van der Waals surface area (Å²) in [7, 11) is 1.97. The van der Waals surface area contributed by atoms with E-state index in [1.807, 2.05) is 30.2 Å². The number of rotatable bonds is 5. The first-order chi connectivity index (χ1) is 11.8. The number of ether oxygens (including phenoxy) is 1. The number of fused-ring (bicyclic) bond motifs is 1. The van der Waals surface area contributed by atoms with Crippen LogP contribution in [0, 0.1) is 0 Å². The molecule has 2 aromatic heterocycles. The molecule has 0 amide bonds. The average molecular weight is 327 g/mol. The van der Waals surface area contributed by atoms with Crippen molar-refractivity contribution in [3.63, 3.8) is 0 Å². The van der Waals surface area contributed by atoms with Gasteiger partial charge in [0.2, 0.25) is 0 Å². The van der Waals surface area contributed by atoms with Crippen LogP contribution in [0.25, 0.3) is 0 Å². The lowest BCUT2D eigenvalue weighted by atomic mass is 10.1. The van der Waals surface area contributed by atoms with Crippen LogP contribution in [0.3, 0.4) is 0 Å². The molecule has 0 aromatic carbocycles. The zero-order valence-electron chi connectivity index (χ0n) is 14.2. The maximum absolute atomic E-state index is 6.12. The van der Waals surface area contributed by atoms with E-state index in [0.29, 0.717) is 18.8 Å². The Labute approximate surface area is 143 Å². The summed E-state index contributed by atoms with van der Waals surface area (Å²) in [5, 5.41) is 4.27. The van der Waals surface area contributed by atoms with Gasteiger partial charge >= 0.3 is 0 Å². The second kappa shape index (κ2) is 7.01. The van der Waals surface area contributed by atoms with Crippen molar-refractivity contribution in [1.29, 1.82) is 0 Å². The molecule has 128 valence electrons. The molecule has 2 aromatic rings. The molecule has 0 aliphatic carbocycles. The monoisotopic (exact) mass is 327 g/mol. The van der Waals surface area contributed by atoms with Crippen molar-refractivity contribution in [2.24, 2.45) is 7.05 Å². The highest BCUT2D eigenvalue weighted by molar-refractivity contribution is 5.07. The van der Waals surface area contributed by atoms with E-state index in [2.05, 4.69) is 32.1 Å². The number of pyridine rings is 1. The first-order valence-corrected chi connectivity index (χ1v) is 8.71. The largest absolute Gasteiger partial charge is 0.372 e. The Morgan fingerprint density at radius 3 is 2.96 bits per heavy atom. The molecular weight excluding hydrogens is 302 g/mol. The molecule has 0 bridgehead atoms. The number of aromatic nitrogens is 3. The zero-order valence-corrected chi connectivity index (χ0v) is 14.2. The van der Waals surface area contributed by atoms with Crippen LogP contribution in [-0.4, -0.2) is 62.9 Å². The fourth-order valence-electron chi connectivity index (χ4n) is 3.83. The molecule has 0 spiro atoms. The lowest BCUT2D eigenvalue weighted by Gasteiger charge is -2.37. The van der Waals surface area contributed by atoms with Crippen molar-refractivity contribution in [1.82, 2.24) is 24.6 Å². The third-order valence-corrected chi connectivity index (χ3v) is 5.03. The van der Waals surface area contributed by atoms with E-state index < -0.39 is 0 Å². The fourth-order valence-corrected chi connectivity index (χ4v) is 3.83. The maximum atomic E-state index is 6.12. The number of piperazine rings is 1. The summed E-state index contributed by atoms with van der Waals surface area (Å²) in [4.78, 5) is 9.28. The second-order valence-corrected chi connectivity index (χ2v) is 6.94. The number of nitrogens with zero attached hydrogens (tertiary/aromatic N) is 5.